The van der Waals surface area contributed by atoms with Crippen molar-refractivity contribution in [1.29, 1.82) is 5.26 Å². The minimum atomic E-state index is -0.344. The summed E-state index contributed by atoms with van der Waals surface area (Å²) in [6, 6.07) is 9.63. The van der Waals surface area contributed by atoms with Crippen LogP contribution in [0.1, 0.15) is 24.0 Å². The summed E-state index contributed by atoms with van der Waals surface area (Å²) in [5, 5.41) is 11.8. The molecule has 0 spiro atoms. The zero-order valence-electron chi connectivity index (χ0n) is 11.6. The lowest BCUT2D eigenvalue weighted by molar-refractivity contribution is -0.117. The predicted molar refractivity (Wildman–Crippen MR) is 76.8 cm³/mol. The first-order chi connectivity index (χ1) is 9.69. The second-order valence-corrected chi connectivity index (χ2v) is 4.93. The van der Waals surface area contributed by atoms with Gasteiger partial charge >= 0.3 is 0 Å². The first-order valence-electron chi connectivity index (χ1n) is 6.77. The van der Waals surface area contributed by atoms with Crippen LogP contribution in [-0.4, -0.2) is 25.2 Å². The van der Waals surface area contributed by atoms with Gasteiger partial charge in [-0.3, -0.25) is 4.79 Å². The van der Waals surface area contributed by atoms with Crippen molar-refractivity contribution in [2.45, 2.75) is 25.9 Å². The summed E-state index contributed by atoms with van der Waals surface area (Å²) < 4.78 is 5.43. The topological polar surface area (TPSA) is 62.1 Å². The zero-order valence-corrected chi connectivity index (χ0v) is 11.6. The third kappa shape index (κ3) is 3.94. The monoisotopic (exact) mass is 270 g/mol. The number of carbonyl (C=O) groups excluding carboxylic acids is 1. The van der Waals surface area contributed by atoms with Crippen LogP contribution in [0.4, 0.5) is 0 Å². The van der Waals surface area contributed by atoms with E-state index in [0.29, 0.717) is 6.54 Å². The summed E-state index contributed by atoms with van der Waals surface area (Å²) in [5.41, 5.74) is 2.11. The van der Waals surface area contributed by atoms with Crippen molar-refractivity contribution in [2.24, 2.45) is 0 Å². The Hall–Kier alpha value is -2.12. The molecule has 4 heteroatoms. The number of rotatable bonds is 4. The normalized spacial score (nSPS) is 18.6. The van der Waals surface area contributed by atoms with Crippen molar-refractivity contribution >= 4 is 12.0 Å². The number of nitriles is 1. The highest BCUT2D eigenvalue weighted by Gasteiger charge is 2.17. The zero-order chi connectivity index (χ0) is 14.4. The third-order valence-corrected chi connectivity index (χ3v) is 3.27. The van der Waals surface area contributed by atoms with E-state index in [2.05, 4.69) is 5.32 Å². The van der Waals surface area contributed by atoms with Gasteiger partial charge in [0.15, 0.2) is 0 Å². The second kappa shape index (κ2) is 6.88. The number of nitrogens with one attached hydrogen (secondary N) is 1. The van der Waals surface area contributed by atoms with Crippen molar-refractivity contribution in [3.63, 3.8) is 0 Å². The Morgan fingerprint density at radius 2 is 2.25 bits per heavy atom. The molecule has 4 nitrogen and oxygen atoms in total. The summed E-state index contributed by atoms with van der Waals surface area (Å²) in [4.78, 5) is 11.9. The molecule has 1 unspecified atom stereocenters. The van der Waals surface area contributed by atoms with Crippen molar-refractivity contribution in [3.05, 3.63) is 41.0 Å². The molecule has 20 heavy (non-hydrogen) atoms. The van der Waals surface area contributed by atoms with Crippen molar-refractivity contribution < 1.29 is 9.53 Å². The molecule has 2 rings (SSSR count). The number of amides is 1. The van der Waals surface area contributed by atoms with Gasteiger partial charge < -0.3 is 10.1 Å². The molecular weight excluding hydrogens is 252 g/mol. The Morgan fingerprint density at radius 1 is 1.50 bits per heavy atom. The smallest absolute Gasteiger partial charge is 0.262 e. The van der Waals surface area contributed by atoms with Crippen LogP contribution in [0, 0.1) is 18.3 Å². The average Bonchev–Trinajstić information content (AvgIpc) is 2.97. The fraction of sp³-hybridized carbons (Fsp3) is 0.375. The predicted octanol–water partition coefficient (Wildman–Crippen LogP) is 2.20. The molecule has 0 radical (unpaired) electrons. The van der Waals surface area contributed by atoms with E-state index in [1.165, 1.54) is 0 Å². The molecule has 0 aliphatic carbocycles. The number of aryl methyl sites for hydroxylation is 1. The fourth-order valence-electron chi connectivity index (χ4n) is 2.09. The first kappa shape index (κ1) is 14.3. The largest absolute Gasteiger partial charge is 0.376 e. The Balaban J connectivity index is 1.97. The van der Waals surface area contributed by atoms with E-state index in [9.17, 15) is 4.79 Å². The summed E-state index contributed by atoms with van der Waals surface area (Å²) in [5.74, 6) is -0.344. The van der Waals surface area contributed by atoms with Crippen LogP contribution in [0.3, 0.4) is 0 Å². The minimum absolute atomic E-state index is 0.0817. The summed E-state index contributed by atoms with van der Waals surface area (Å²) >= 11 is 0. The second-order valence-electron chi connectivity index (χ2n) is 4.93. The Bertz CT molecular complexity index is 535. The van der Waals surface area contributed by atoms with E-state index < -0.39 is 0 Å². The molecule has 104 valence electrons. The molecule has 0 bridgehead atoms. The summed E-state index contributed by atoms with van der Waals surface area (Å²) in [7, 11) is 0. The third-order valence-electron chi connectivity index (χ3n) is 3.27. The van der Waals surface area contributed by atoms with E-state index in [-0.39, 0.29) is 17.6 Å². The van der Waals surface area contributed by atoms with Crippen LogP contribution >= 0.6 is 0 Å². The van der Waals surface area contributed by atoms with Gasteiger partial charge in [0.2, 0.25) is 0 Å². The standard InChI is InChI=1S/C16H18N2O2/c1-12-4-6-13(7-5-12)9-14(10-17)16(19)18-11-15-3-2-8-20-15/h4-7,9,15H,2-3,8,11H2,1H3,(H,18,19)/b14-9-. The molecule has 1 saturated heterocycles. The van der Waals surface area contributed by atoms with Gasteiger partial charge in [-0.25, -0.2) is 0 Å². The number of carbonyl (C=O) groups is 1. The van der Waals surface area contributed by atoms with E-state index >= 15 is 0 Å². The lowest BCUT2D eigenvalue weighted by Crippen LogP contribution is -2.32. The maximum absolute atomic E-state index is 11.9. The lowest BCUT2D eigenvalue weighted by atomic mass is 10.1. The molecular formula is C16H18N2O2. The Labute approximate surface area is 119 Å². The number of hydrogen-bond acceptors (Lipinski definition) is 3. The van der Waals surface area contributed by atoms with Gasteiger partial charge in [-0.2, -0.15) is 5.26 Å². The number of ether oxygens (including phenoxy) is 1. The van der Waals surface area contributed by atoms with Gasteiger partial charge in [0.25, 0.3) is 5.91 Å². The van der Waals surface area contributed by atoms with Crippen molar-refractivity contribution in [1.82, 2.24) is 5.32 Å². The van der Waals surface area contributed by atoms with Gasteiger partial charge in [0.05, 0.1) is 6.10 Å². The molecule has 1 aliphatic rings. The molecule has 1 aromatic rings. The number of hydrogen-bond donors (Lipinski definition) is 1. The van der Waals surface area contributed by atoms with Crippen LogP contribution in [0.5, 0.6) is 0 Å². The summed E-state index contributed by atoms with van der Waals surface area (Å²) in [6.45, 7) is 3.21. The fourth-order valence-corrected chi connectivity index (χ4v) is 2.09. The average molecular weight is 270 g/mol. The van der Waals surface area contributed by atoms with Crippen LogP contribution in [0.25, 0.3) is 6.08 Å². The SMILES string of the molecule is Cc1ccc(/C=C(/C#N)C(=O)NCC2CCCO2)cc1. The molecule has 1 heterocycles. The van der Waals surface area contributed by atoms with Gasteiger partial charge in [-0.05, 0) is 31.4 Å². The highest BCUT2D eigenvalue weighted by atomic mass is 16.5. The van der Waals surface area contributed by atoms with Crippen LogP contribution in [0.2, 0.25) is 0 Å². The molecule has 1 N–H and O–H groups in total. The highest BCUT2D eigenvalue weighted by molar-refractivity contribution is 6.01. The van der Waals surface area contributed by atoms with E-state index in [1.807, 2.05) is 37.3 Å². The molecule has 0 aromatic heterocycles. The van der Waals surface area contributed by atoms with Crippen molar-refractivity contribution in [2.75, 3.05) is 13.2 Å². The number of nitrogens with zero attached hydrogens (tertiary/aromatic N) is 1. The first-order valence-corrected chi connectivity index (χ1v) is 6.77. The molecule has 1 amide bonds. The Morgan fingerprint density at radius 3 is 2.85 bits per heavy atom. The molecule has 1 aliphatic heterocycles. The number of benzene rings is 1. The quantitative estimate of drug-likeness (QED) is 0.674. The van der Waals surface area contributed by atoms with Gasteiger partial charge in [-0.1, -0.05) is 29.8 Å². The molecule has 0 saturated carbocycles. The van der Waals surface area contributed by atoms with E-state index in [4.69, 9.17) is 10.00 Å². The van der Waals surface area contributed by atoms with Crippen LogP contribution in [-0.2, 0) is 9.53 Å². The lowest BCUT2D eigenvalue weighted by Gasteiger charge is -2.10. The highest BCUT2D eigenvalue weighted by Crippen LogP contribution is 2.11. The van der Waals surface area contributed by atoms with Gasteiger partial charge in [0.1, 0.15) is 11.6 Å². The van der Waals surface area contributed by atoms with Gasteiger partial charge in [-0.15, -0.1) is 0 Å². The Kier molecular flexibility index (Phi) is 4.91. The van der Waals surface area contributed by atoms with Crippen LogP contribution < -0.4 is 5.32 Å². The van der Waals surface area contributed by atoms with E-state index in [0.717, 1.165) is 30.6 Å². The van der Waals surface area contributed by atoms with Gasteiger partial charge in [0, 0.05) is 13.2 Å². The maximum Gasteiger partial charge on any atom is 0.262 e. The van der Waals surface area contributed by atoms with Crippen LogP contribution in [0.15, 0.2) is 29.8 Å². The minimum Gasteiger partial charge on any atom is -0.376 e. The van der Waals surface area contributed by atoms with E-state index in [1.54, 1.807) is 6.08 Å². The van der Waals surface area contributed by atoms with Crippen molar-refractivity contribution in [3.8, 4) is 6.07 Å². The molecule has 1 aromatic carbocycles. The molecule has 1 fully saturated rings. The molecule has 1 atom stereocenters. The summed E-state index contributed by atoms with van der Waals surface area (Å²) in [6.07, 6.45) is 3.68. The maximum atomic E-state index is 11.9.